The van der Waals surface area contributed by atoms with Gasteiger partial charge in [0.2, 0.25) is 15.9 Å². The van der Waals surface area contributed by atoms with Crippen molar-refractivity contribution in [1.29, 1.82) is 0 Å². The number of aryl methyl sites for hydroxylation is 1. The van der Waals surface area contributed by atoms with Gasteiger partial charge in [0.1, 0.15) is 23.3 Å². The summed E-state index contributed by atoms with van der Waals surface area (Å²) in [7, 11) is 0.628. The third-order valence-electron chi connectivity index (χ3n) is 4.32. The Kier molecular flexibility index (Phi) is 6.97. The number of carbonyl (C=O) groups excluding carboxylic acids is 1. The van der Waals surface area contributed by atoms with Crippen molar-refractivity contribution in [3.05, 3.63) is 42.0 Å². The van der Waals surface area contributed by atoms with Crippen molar-refractivity contribution >= 4 is 27.3 Å². The van der Waals surface area contributed by atoms with Gasteiger partial charge in [0.25, 0.3) is 0 Å². The summed E-state index contributed by atoms with van der Waals surface area (Å²) in [6.07, 6.45) is 1.05. The second-order valence-electron chi connectivity index (χ2n) is 6.47. The van der Waals surface area contributed by atoms with E-state index in [0.717, 1.165) is 16.1 Å². The molecule has 0 saturated heterocycles. The van der Waals surface area contributed by atoms with Crippen LogP contribution < -0.4 is 23.8 Å². The number of sulfonamides is 1. The number of ether oxygens (including phenoxy) is 3. The number of methoxy groups -OCH3 is 3. The van der Waals surface area contributed by atoms with Gasteiger partial charge >= 0.3 is 0 Å². The molecule has 1 unspecified atom stereocenters. The number of anilines is 2. The monoisotopic (exact) mass is 422 g/mol. The van der Waals surface area contributed by atoms with Gasteiger partial charge in [-0.25, -0.2) is 8.42 Å². The highest BCUT2D eigenvalue weighted by Gasteiger charge is 2.31. The van der Waals surface area contributed by atoms with Crippen molar-refractivity contribution in [2.75, 3.05) is 37.2 Å². The molecule has 2 aromatic rings. The van der Waals surface area contributed by atoms with Crippen molar-refractivity contribution < 1.29 is 27.4 Å². The van der Waals surface area contributed by atoms with Crippen LogP contribution in [0.25, 0.3) is 0 Å². The van der Waals surface area contributed by atoms with Crippen LogP contribution in [-0.2, 0) is 14.8 Å². The Bertz CT molecular complexity index is 990. The summed E-state index contributed by atoms with van der Waals surface area (Å²) < 4.78 is 42.0. The summed E-state index contributed by atoms with van der Waals surface area (Å²) in [5.41, 5.74) is 1.49. The molecule has 9 heteroatoms. The number of carbonyl (C=O) groups is 1. The van der Waals surface area contributed by atoms with E-state index in [1.54, 1.807) is 36.4 Å². The molecule has 0 fully saturated rings. The van der Waals surface area contributed by atoms with E-state index in [4.69, 9.17) is 14.2 Å². The smallest absolute Gasteiger partial charge is 0.248 e. The number of nitrogens with one attached hydrogen (secondary N) is 1. The highest BCUT2D eigenvalue weighted by atomic mass is 32.2. The Morgan fingerprint density at radius 1 is 1.00 bits per heavy atom. The van der Waals surface area contributed by atoms with Gasteiger partial charge in [0.15, 0.2) is 0 Å². The van der Waals surface area contributed by atoms with Crippen molar-refractivity contribution in [3.8, 4) is 17.2 Å². The molecule has 0 saturated carbocycles. The highest BCUT2D eigenvalue weighted by molar-refractivity contribution is 7.92. The minimum atomic E-state index is -3.80. The van der Waals surface area contributed by atoms with Crippen LogP contribution in [0, 0.1) is 6.92 Å². The van der Waals surface area contributed by atoms with Crippen LogP contribution in [0.3, 0.4) is 0 Å². The van der Waals surface area contributed by atoms with Gasteiger partial charge in [-0.3, -0.25) is 9.10 Å². The minimum Gasteiger partial charge on any atom is -0.497 e. The first-order valence-corrected chi connectivity index (χ1v) is 10.6. The third kappa shape index (κ3) is 5.11. The van der Waals surface area contributed by atoms with Crippen molar-refractivity contribution in [1.82, 2.24) is 0 Å². The molecule has 0 aromatic heterocycles. The average molecular weight is 423 g/mol. The fourth-order valence-corrected chi connectivity index (χ4v) is 4.07. The van der Waals surface area contributed by atoms with Crippen LogP contribution in [0.15, 0.2) is 36.4 Å². The molecule has 0 heterocycles. The van der Waals surface area contributed by atoms with Gasteiger partial charge in [-0.15, -0.1) is 0 Å². The van der Waals surface area contributed by atoms with Crippen LogP contribution in [0.4, 0.5) is 11.4 Å². The molecule has 0 spiro atoms. The van der Waals surface area contributed by atoms with Gasteiger partial charge in [0, 0.05) is 6.07 Å². The lowest BCUT2D eigenvalue weighted by Gasteiger charge is -2.29. The summed E-state index contributed by atoms with van der Waals surface area (Å²) in [5, 5.41) is 2.72. The topological polar surface area (TPSA) is 94.2 Å². The summed E-state index contributed by atoms with van der Waals surface area (Å²) in [4.78, 5) is 13.0. The van der Waals surface area contributed by atoms with Gasteiger partial charge in [0.05, 0.1) is 39.0 Å². The second kappa shape index (κ2) is 9.04. The maximum absolute atomic E-state index is 13.0. The first-order chi connectivity index (χ1) is 13.6. The summed E-state index contributed by atoms with van der Waals surface area (Å²) in [6.45, 7) is 3.33. The molecule has 0 radical (unpaired) electrons. The molecule has 1 amide bonds. The zero-order chi connectivity index (χ0) is 21.8. The number of hydrogen-bond donors (Lipinski definition) is 1. The van der Waals surface area contributed by atoms with Gasteiger partial charge in [-0.1, -0.05) is 6.07 Å². The predicted octanol–water partition coefficient (Wildman–Crippen LogP) is 2.81. The maximum atomic E-state index is 13.0. The van der Waals surface area contributed by atoms with Crippen LogP contribution in [-0.4, -0.2) is 48.0 Å². The summed E-state index contributed by atoms with van der Waals surface area (Å²) in [5.74, 6) is 0.754. The first-order valence-electron chi connectivity index (χ1n) is 8.79. The van der Waals surface area contributed by atoms with Crippen LogP contribution in [0.1, 0.15) is 12.5 Å². The van der Waals surface area contributed by atoms with Crippen LogP contribution in [0.2, 0.25) is 0 Å². The van der Waals surface area contributed by atoms with Crippen molar-refractivity contribution in [2.45, 2.75) is 19.9 Å². The highest BCUT2D eigenvalue weighted by Crippen LogP contribution is 2.34. The molecular formula is C20H26N2O6S. The fraction of sp³-hybridized carbons (Fsp3) is 0.350. The molecule has 2 aromatic carbocycles. The Hall–Kier alpha value is -2.94. The van der Waals surface area contributed by atoms with Crippen molar-refractivity contribution in [3.63, 3.8) is 0 Å². The van der Waals surface area contributed by atoms with E-state index in [1.807, 2.05) is 6.92 Å². The molecule has 0 aliphatic heterocycles. The number of amides is 1. The van der Waals surface area contributed by atoms with E-state index in [9.17, 15) is 13.2 Å². The van der Waals surface area contributed by atoms with Crippen molar-refractivity contribution in [2.24, 2.45) is 0 Å². The lowest BCUT2D eigenvalue weighted by atomic mass is 10.2. The largest absolute Gasteiger partial charge is 0.497 e. The van der Waals surface area contributed by atoms with E-state index in [0.29, 0.717) is 22.9 Å². The van der Waals surface area contributed by atoms with Gasteiger partial charge < -0.3 is 19.5 Å². The number of nitrogens with zero attached hydrogens (tertiary/aromatic N) is 1. The number of hydrogen-bond acceptors (Lipinski definition) is 6. The quantitative estimate of drug-likeness (QED) is 0.703. The predicted molar refractivity (Wildman–Crippen MR) is 113 cm³/mol. The lowest BCUT2D eigenvalue weighted by molar-refractivity contribution is -0.116. The molecule has 158 valence electrons. The summed E-state index contributed by atoms with van der Waals surface area (Å²) >= 11 is 0. The molecule has 29 heavy (non-hydrogen) atoms. The van der Waals surface area contributed by atoms with Crippen LogP contribution >= 0.6 is 0 Å². The molecule has 0 aliphatic rings. The zero-order valence-electron chi connectivity index (χ0n) is 17.3. The van der Waals surface area contributed by atoms with E-state index in [1.165, 1.54) is 28.3 Å². The molecule has 0 bridgehead atoms. The third-order valence-corrected chi connectivity index (χ3v) is 5.55. The number of benzene rings is 2. The van der Waals surface area contributed by atoms with E-state index in [2.05, 4.69) is 5.32 Å². The Balaban J connectivity index is 2.45. The molecular weight excluding hydrogens is 396 g/mol. The molecule has 1 atom stereocenters. The molecule has 0 aliphatic carbocycles. The average Bonchev–Trinajstić information content (AvgIpc) is 2.67. The fourth-order valence-electron chi connectivity index (χ4n) is 2.90. The zero-order valence-corrected chi connectivity index (χ0v) is 18.2. The molecule has 8 nitrogen and oxygen atoms in total. The van der Waals surface area contributed by atoms with E-state index >= 15 is 0 Å². The molecule has 1 N–H and O–H groups in total. The Labute approximate surface area is 171 Å². The normalized spacial score (nSPS) is 12.1. The number of rotatable bonds is 8. The SMILES string of the molecule is COc1ccc(OC)c(NC(=O)C(C)N(c2cc(C)ccc2OC)S(C)(=O)=O)c1. The van der Waals surface area contributed by atoms with Crippen LogP contribution in [0.5, 0.6) is 17.2 Å². The Morgan fingerprint density at radius 3 is 2.17 bits per heavy atom. The second-order valence-corrected chi connectivity index (χ2v) is 8.32. The standard InChI is InChI=1S/C20H26N2O6S/c1-13-7-9-19(28-5)17(11-13)22(29(6,24)25)14(2)20(23)21-16-12-15(26-3)8-10-18(16)27-4/h7-12,14H,1-6H3,(H,21,23). The van der Waals surface area contributed by atoms with Gasteiger partial charge in [-0.2, -0.15) is 0 Å². The van der Waals surface area contributed by atoms with E-state index in [-0.39, 0.29) is 5.69 Å². The first kappa shape index (κ1) is 22.4. The Morgan fingerprint density at radius 2 is 1.62 bits per heavy atom. The summed E-state index contributed by atoms with van der Waals surface area (Å²) in [6, 6.07) is 9.01. The van der Waals surface area contributed by atoms with E-state index < -0.39 is 22.0 Å². The van der Waals surface area contributed by atoms with Gasteiger partial charge in [-0.05, 0) is 43.7 Å². The lowest BCUT2D eigenvalue weighted by Crippen LogP contribution is -2.45. The maximum Gasteiger partial charge on any atom is 0.248 e. The minimum absolute atomic E-state index is 0.287. The molecule has 2 rings (SSSR count).